The lowest BCUT2D eigenvalue weighted by Crippen LogP contribution is -2.59. The molecule has 134 valence electrons. The van der Waals surface area contributed by atoms with E-state index in [4.69, 9.17) is 0 Å². The predicted octanol–water partition coefficient (Wildman–Crippen LogP) is 1.31. The van der Waals surface area contributed by atoms with Crippen molar-refractivity contribution in [3.63, 3.8) is 0 Å². The van der Waals surface area contributed by atoms with Crippen molar-refractivity contribution >= 4 is 21.6 Å². The van der Waals surface area contributed by atoms with Crippen LogP contribution in [0.4, 0.5) is 0 Å². The Morgan fingerprint density at radius 1 is 1.17 bits per heavy atom. The van der Waals surface area contributed by atoms with Crippen LogP contribution in [0.2, 0.25) is 0 Å². The van der Waals surface area contributed by atoms with Crippen molar-refractivity contribution in [2.45, 2.75) is 67.5 Å². The molecule has 1 aliphatic carbocycles. The Bertz CT molecular complexity index is 472. The fourth-order valence-electron chi connectivity index (χ4n) is 4.25. The van der Waals surface area contributed by atoms with Crippen LogP contribution in [0.3, 0.4) is 0 Å². The van der Waals surface area contributed by atoms with E-state index in [2.05, 4.69) is 27.9 Å². The molecule has 23 heavy (non-hydrogen) atoms. The maximum Gasteiger partial charge on any atom is 0.150 e. The summed E-state index contributed by atoms with van der Waals surface area (Å²) in [5.41, 5.74) is 6.82. The fourth-order valence-corrected chi connectivity index (χ4v) is 6.59. The number of thioether (sulfide) groups is 1. The first-order chi connectivity index (χ1) is 11.0. The van der Waals surface area contributed by atoms with Gasteiger partial charge >= 0.3 is 0 Å². The third-order valence-corrected chi connectivity index (χ3v) is 8.81. The average molecular weight is 362 g/mol. The molecule has 3 rings (SSSR count). The summed E-state index contributed by atoms with van der Waals surface area (Å²) in [6, 6.07) is 1.01. The smallest absolute Gasteiger partial charge is 0.150 e. The Labute approximate surface area is 145 Å². The first-order valence-corrected chi connectivity index (χ1v) is 12.0. The number of hydrazine groups is 1. The SMILES string of the molecule is CS(=O)(=O)C1CCC(C2CC(NCC3CCCS3)CNN2)CC1. The van der Waals surface area contributed by atoms with E-state index >= 15 is 0 Å². The largest absolute Gasteiger partial charge is 0.311 e. The molecule has 0 aromatic carbocycles. The molecule has 0 spiro atoms. The monoisotopic (exact) mass is 361 g/mol. The van der Waals surface area contributed by atoms with Gasteiger partial charge in [-0.2, -0.15) is 11.8 Å². The van der Waals surface area contributed by atoms with Crippen LogP contribution in [0.25, 0.3) is 0 Å². The van der Waals surface area contributed by atoms with E-state index in [0.717, 1.165) is 50.4 Å². The Morgan fingerprint density at radius 3 is 2.61 bits per heavy atom. The molecule has 3 aliphatic rings. The molecule has 5 nitrogen and oxygen atoms in total. The lowest BCUT2D eigenvalue weighted by Gasteiger charge is -2.39. The van der Waals surface area contributed by atoms with Gasteiger partial charge in [0.15, 0.2) is 0 Å². The van der Waals surface area contributed by atoms with E-state index in [1.807, 2.05) is 0 Å². The normalized spacial score (nSPS) is 39.4. The molecule has 0 amide bonds. The van der Waals surface area contributed by atoms with Gasteiger partial charge in [-0.15, -0.1) is 0 Å². The molecule has 3 N–H and O–H groups in total. The van der Waals surface area contributed by atoms with Crippen molar-refractivity contribution in [2.24, 2.45) is 5.92 Å². The van der Waals surface area contributed by atoms with E-state index in [0.29, 0.717) is 18.0 Å². The Kier molecular flexibility index (Phi) is 6.29. The highest BCUT2D eigenvalue weighted by molar-refractivity contribution is 8.00. The quantitative estimate of drug-likeness (QED) is 0.686. The summed E-state index contributed by atoms with van der Waals surface area (Å²) in [4.78, 5) is 0. The third-order valence-electron chi connectivity index (χ3n) is 5.73. The van der Waals surface area contributed by atoms with Crippen LogP contribution in [0.15, 0.2) is 0 Å². The highest BCUT2D eigenvalue weighted by Gasteiger charge is 2.34. The summed E-state index contributed by atoms with van der Waals surface area (Å²) in [7, 11) is -2.86. The molecule has 2 saturated heterocycles. The maximum atomic E-state index is 11.7. The maximum absolute atomic E-state index is 11.7. The molecule has 3 fully saturated rings. The molecular formula is C16H31N3O2S2. The highest BCUT2D eigenvalue weighted by atomic mass is 32.2. The molecule has 2 aliphatic heterocycles. The number of sulfone groups is 1. The van der Waals surface area contributed by atoms with Crippen molar-refractivity contribution in [3.8, 4) is 0 Å². The molecule has 0 aromatic heterocycles. The first kappa shape index (κ1) is 18.0. The van der Waals surface area contributed by atoms with Crippen molar-refractivity contribution in [2.75, 3.05) is 25.1 Å². The zero-order valence-corrected chi connectivity index (χ0v) is 15.7. The van der Waals surface area contributed by atoms with Crippen LogP contribution < -0.4 is 16.2 Å². The van der Waals surface area contributed by atoms with Crippen molar-refractivity contribution in [1.29, 1.82) is 0 Å². The predicted molar refractivity (Wildman–Crippen MR) is 97.4 cm³/mol. The van der Waals surface area contributed by atoms with Crippen LogP contribution in [0.5, 0.6) is 0 Å². The van der Waals surface area contributed by atoms with Gasteiger partial charge in [0.25, 0.3) is 0 Å². The minimum atomic E-state index is -2.86. The topological polar surface area (TPSA) is 70.2 Å². The molecule has 0 bridgehead atoms. The van der Waals surface area contributed by atoms with E-state index in [9.17, 15) is 8.42 Å². The standard InChI is InChI=1S/C16H31N3O2S2/c1-23(20,21)15-6-4-12(5-7-15)16-9-13(10-18-19-16)17-11-14-3-2-8-22-14/h12-19H,2-11H2,1H3. The van der Waals surface area contributed by atoms with Gasteiger partial charge in [-0.1, -0.05) is 0 Å². The zero-order chi connectivity index (χ0) is 16.3. The fraction of sp³-hybridized carbons (Fsp3) is 1.00. The van der Waals surface area contributed by atoms with Crippen LogP contribution in [0.1, 0.15) is 44.9 Å². The van der Waals surface area contributed by atoms with Crippen LogP contribution in [0, 0.1) is 5.92 Å². The van der Waals surface area contributed by atoms with Crippen molar-refractivity contribution in [1.82, 2.24) is 16.2 Å². The summed E-state index contributed by atoms with van der Waals surface area (Å²) in [5.74, 6) is 1.93. The van der Waals surface area contributed by atoms with Gasteiger partial charge in [-0.05, 0) is 56.6 Å². The van der Waals surface area contributed by atoms with Crippen LogP contribution in [-0.4, -0.2) is 56.1 Å². The molecule has 0 radical (unpaired) electrons. The minimum absolute atomic E-state index is 0.108. The van der Waals surface area contributed by atoms with Gasteiger partial charge in [0.1, 0.15) is 9.84 Å². The minimum Gasteiger partial charge on any atom is -0.311 e. The molecule has 3 unspecified atom stereocenters. The van der Waals surface area contributed by atoms with Crippen LogP contribution >= 0.6 is 11.8 Å². The summed E-state index contributed by atoms with van der Waals surface area (Å²) >= 11 is 2.11. The lowest BCUT2D eigenvalue weighted by molar-refractivity contribution is 0.186. The number of hydrogen-bond acceptors (Lipinski definition) is 6. The Hall–Kier alpha value is 0.180. The molecule has 1 saturated carbocycles. The Balaban J connectivity index is 1.43. The van der Waals surface area contributed by atoms with Gasteiger partial charge in [0, 0.05) is 36.7 Å². The van der Waals surface area contributed by atoms with E-state index < -0.39 is 9.84 Å². The summed E-state index contributed by atoms with van der Waals surface area (Å²) in [6.45, 7) is 2.11. The second kappa shape index (κ2) is 8.04. The summed E-state index contributed by atoms with van der Waals surface area (Å²) in [6.07, 6.45) is 8.99. The van der Waals surface area contributed by atoms with Gasteiger partial charge < -0.3 is 5.32 Å². The van der Waals surface area contributed by atoms with Gasteiger partial charge in [0.2, 0.25) is 0 Å². The second-order valence-corrected chi connectivity index (χ2v) is 11.2. The highest BCUT2D eigenvalue weighted by Crippen LogP contribution is 2.32. The van der Waals surface area contributed by atoms with Gasteiger partial charge in [0.05, 0.1) is 5.25 Å². The zero-order valence-electron chi connectivity index (χ0n) is 14.1. The van der Waals surface area contributed by atoms with Gasteiger partial charge in [-0.25, -0.2) is 8.42 Å². The van der Waals surface area contributed by atoms with E-state index in [1.54, 1.807) is 0 Å². The van der Waals surface area contributed by atoms with E-state index in [1.165, 1.54) is 24.9 Å². The second-order valence-electron chi connectivity index (χ2n) is 7.47. The number of rotatable bonds is 5. The molecule has 3 atom stereocenters. The molecule has 2 heterocycles. The van der Waals surface area contributed by atoms with Gasteiger partial charge in [-0.3, -0.25) is 10.9 Å². The Morgan fingerprint density at radius 2 is 1.96 bits per heavy atom. The summed E-state index contributed by atoms with van der Waals surface area (Å²) in [5, 5.41) is 4.44. The average Bonchev–Trinajstić information content (AvgIpc) is 3.06. The van der Waals surface area contributed by atoms with Crippen molar-refractivity contribution in [3.05, 3.63) is 0 Å². The molecule has 0 aromatic rings. The summed E-state index contributed by atoms with van der Waals surface area (Å²) < 4.78 is 23.4. The molecule has 7 heteroatoms. The van der Waals surface area contributed by atoms with E-state index in [-0.39, 0.29) is 5.25 Å². The molecular weight excluding hydrogens is 330 g/mol. The third kappa shape index (κ3) is 5.08. The van der Waals surface area contributed by atoms with Crippen molar-refractivity contribution < 1.29 is 8.42 Å². The van der Waals surface area contributed by atoms with Crippen LogP contribution in [-0.2, 0) is 9.84 Å². The number of nitrogens with one attached hydrogen (secondary N) is 3. The lowest BCUT2D eigenvalue weighted by atomic mass is 9.81. The number of hydrogen-bond donors (Lipinski definition) is 3. The first-order valence-electron chi connectivity index (χ1n) is 9.04.